The Hall–Kier alpha value is -1.13. The van der Waals surface area contributed by atoms with Crippen molar-refractivity contribution >= 4 is 15.9 Å². The van der Waals surface area contributed by atoms with Gasteiger partial charge in [0.15, 0.2) is 0 Å². The highest BCUT2D eigenvalue weighted by atomic mass is 79.9. The summed E-state index contributed by atoms with van der Waals surface area (Å²) in [6.07, 6.45) is 0.571. The molecule has 0 radical (unpaired) electrons. The van der Waals surface area contributed by atoms with Crippen LogP contribution in [0.1, 0.15) is 5.82 Å². The molecule has 1 N–H and O–H groups in total. The molecule has 0 unspecified atom stereocenters. The van der Waals surface area contributed by atoms with Crippen molar-refractivity contribution in [2.45, 2.75) is 6.42 Å². The van der Waals surface area contributed by atoms with Crippen LogP contribution in [0.15, 0.2) is 34.9 Å². The summed E-state index contributed by atoms with van der Waals surface area (Å²) in [7, 11) is 1.96. The first-order valence-corrected chi connectivity index (χ1v) is 5.90. The van der Waals surface area contributed by atoms with Crippen molar-refractivity contribution in [3.05, 3.63) is 40.8 Å². The summed E-state index contributed by atoms with van der Waals surface area (Å²) in [5.41, 5.74) is 2.16. The molecule has 0 bridgehead atoms. The van der Waals surface area contributed by atoms with Crippen molar-refractivity contribution < 1.29 is 5.11 Å². The topological polar surface area (TPSA) is 38.0 Å². The molecule has 2 aromatic rings. The van der Waals surface area contributed by atoms with Crippen LogP contribution in [-0.4, -0.2) is 21.3 Å². The molecular formula is C12H13BrN2O. The fourth-order valence-corrected chi connectivity index (χ4v) is 2.44. The number of aliphatic hydroxyl groups excluding tert-OH is 1. The molecule has 2 rings (SSSR count). The summed E-state index contributed by atoms with van der Waals surface area (Å²) in [5, 5.41) is 8.95. The van der Waals surface area contributed by atoms with Gasteiger partial charge in [0.2, 0.25) is 0 Å². The molecule has 1 aromatic heterocycles. The normalized spacial score (nSPS) is 10.7. The molecule has 1 aromatic carbocycles. The lowest BCUT2D eigenvalue weighted by Crippen LogP contribution is -2.02. The standard InChI is InChI=1S/C12H13BrN2O/c1-15-10(7-8-16)14-12(13)11(15)9-5-3-2-4-6-9/h2-6,16H,7-8H2,1H3. The van der Waals surface area contributed by atoms with Gasteiger partial charge in [-0.2, -0.15) is 0 Å². The van der Waals surface area contributed by atoms with Gasteiger partial charge in [-0.25, -0.2) is 4.98 Å². The van der Waals surface area contributed by atoms with Crippen molar-refractivity contribution in [3.8, 4) is 11.3 Å². The van der Waals surface area contributed by atoms with Crippen LogP contribution in [0.25, 0.3) is 11.3 Å². The van der Waals surface area contributed by atoms with E-state index in [9.17, 15) is 0 Å². The summed E-state index contributed by atoms with van der Waals surface area (Å²) in [6.45, 7) is 0.117. The van der Waals surface area contributed by atoms with Crippen molar-refractivity contribution in [1.82, 2.24) is 9.55 Å². The number of hydrogen-bond acceptors (Lipinski definition) is 2. The molecule has 4 heteroatoms. The van der Waals surface area contributed by atoms with E-state index in [1.807, 2.05) is 41.9 Å². The van der Waals surface area contributed by atoms with E-state index in [1.165, 1.54) is 0 Å². The Kier molecular flexibility index (Phi) is 3.41. The third kappa shape index (κ3) is 2.03. The van der Waals surface area contributed by atoms with E-state index < -0.39 is 0 Å². The Morgan fingerprint density at radius 1 is 1.31 bits per heavy atom. The first-order chi connectivity index (χ1) is 7.74. The monoisotopic (exact) mass is 280 g/mol. The molecule has 84 valence electrons. The first-order valence-electron chi connectivity index (χ1n) is 5.11. The van der Waals surface area contributed by atoms with Crippen LogP contribution < -0.4 is 0 Å². The first kappa shape index (κ1) is 11.4. The van der Waals surface area contributed by atoms with Gasteiger partial charge in [0.1, 0.15) is 10.4 Å². The molecule has 16 heavy (non-hydrogen) atoms. The van der Waals surface area contributed by atoms with Gasteiger partial charge >= 0.3 is 0 Å². The van der Waals surface area contributed by atoms with Crippen LogP contribution in [0.3, 0.4) is 0 Å². The fraction of sp³-hybridized carbons (Fsp3) is 0.250. The van der Waals surface area contributed by atoms with Crippen molar-refractivity contribution in [1.29, 1.82) is 0 Å². The summed E-state index contributed by atoms with van der Waals surface area (Å²) in [4.78, 5) is 4.40. The highest BCUT2D eigenvalue weighted by molar-refractivity contribution is 9.10. The van der Waals surface area contributed by atoms with Crippen LogP contribution in [-0.2, 0) is 13.5 Å². The molecule has 0 atom stereocenters. The summed E-state index contributed by atoms with van der Waals surface area (Å²) in [5.74, 6) is 0.883. The van der Waals surface area contributed by atoms with Gasteiger partial charge in [0.25, 0.3) is 0 Å². The van der Waals surface area contributed by atoms with E-state index in [2.05, 4.69) is 20.9 Å². The highest BCUT2D eigenvalue weighted by Crippen LogP contribution is 2.28. The molecular weight excluding hydrogens is 268 g/mol. The van der Waals surface area contributed by atoms with Gasteiger partial charge in [0.05, 0.1) is 12.3 Å². The van der Waals surface area contributed by atoms with E-state index in [0.29, 0.717) is 6.42 Å². The highest BCUT2D eigenvalue weighted by Gasteiger charge is 2.13. The molecule has 0 saturated carbocycles. The Morgan fingerprint density at radius 3 is 2.62 bits per heavy atom. The maximum Gasteiger partial charge on any atom is 0.132 e. The van der Waals surface area contributed by atoms with E-state index in [1.54, 1.807) is 0 Å². The fourth-order valence-electron chi connectivity index (χ4n) is 1.74. The van der Waals surface area contributed by atoms with Gasteiger partial charge in [-0.1, -0.05) is 30.3 Å². The van der Waals surface area contributed by atoms with Gasteiger partial charge in [-0.05, 0) is 15.9 Å². The van der Waals surface area contributed by atoms with E-state index in [0.717, 1.165) is 21.7 Å². The molecule has 1 heterocycles. The number of aliphatic hydroxyl groups is 1. The second kappa shape index (κ2) is 4.80. The number of imidazole rings is 1. The number of aromatic nitrogens is 2. The molecule has 0 aliphatic heterocycles. The van der Waals surface area contributed by atoms with Crippen LogP contribution in [0.5, 0.6) is 0 Å². The zero-order valence-corrected chi connectivity index (χ0v) is 10.6. The molecule has 0 aliphatic carbocycles. The predicted molar refractivity (Wildman–Crippen MR) is 67.1 cm³/mol. The van der Waals surface area contributed by atoms with Crippen LogP contribution >= 0.6 is 15.9 Å². The molecule has 0 spiro atoms. The average molecular weight is 281 g/mol. The average Bonchev–Trinajstić information content (AvgIpc) is 2.56. The number of halogens is 1. The number of benzene rings is 1. The maximum atomic E-state index is 8.95. The zero-order valence-electron chi connectivity index (χ0n) is 9.02. The van der Waals surface area contributed by atoms with Gasteiger partial charge < -0.3 is 9.67 Å². The number of rotatable bonds is 3. The van der Waals surface area contributed by atoms with Crippen molar-refractivity contribution in [2.24, 2.45) is 7.05 Å². The Morgan fingerprint density at radius 2 is 2.00 bits per heavy atom. The SMILES string of the molecule is Cn1c(CCO)nc(Br)c1-c1ccccc1. The second-order valence-electron chi connectivity index (χ2n) is 3.57. The summed E-state index contributed by atoms with van der Waals surface area (Å²) < 4.78 is 2.83. The van der Waals surface area contributed by atoms with E-state index >= 15 is 0 Å². The zero-order chi connectivity index (χ0) is 11.5. The van der Waals surface area contributed by atoms with Crippen LogP contribution in [0.4, 0.5) is 0 Å². The third-order valence-corrected chi connectivity index (χ3v) is 3.08. The minimum Gasteiger partial charge on any atom is -0.396 e. The second-order valence-corrected chi connectivity index (χ2v) is 4.32. The summed E-state index contributed by atoms with van der Waals surface area (Å²) in [6, 6.07) is 10.1. The lowest BCUT2D eigenvalue weighted by atomic mass is 10.2. The molecule has 0 fully saturated rings. The number of hydrogen-bond donors (Lipinski definition) is 1. The smallest absolute Gasteiger partial charge is 0.132 e. The Bertz CT molecular complexity index is 479. The Balaban J connectivity index is 2.49. The Labute approximate surface area is 103 Å². The van der Waals surface area contributed by atoms with Crippen molar-refractivity contribution in [2.75, 3.05) is 6.61 Å². The van der Waals surface area contributed by atoms with Gasteiger partial charge in [0, 0.05) is 19.0 Å². The maximum absolute atomic E-state index is 8.95. The van der Waals surface area contributed by atoms with Gasteiger partial charge in [-0.3, -0.25) is 0 Å². The largest absolute Gasteiger partial charge is 0.396 e. The molecule has 0 amide bonds. The predicted octanol–water partition coefficient (Wildman–Crippen LogP) is 2.38. The van der Waals surface area contributed by atoms with Crippen LogP contribution in [0, 0.1) is 0 Å². The minimum absolute atomic E-state index is 0.117. The van der Waals surface area contributed by atoms with E-state index in [4.69, 9.17) is 5.11 Å². The third-order valence-electron chi connectivity index (χ3n) is 2.53. The van der Waals surface area contributed by atoms with Crippen molar-refractivity contribution in [3.63, 3.8) is 0 Å². The van der Waals surface area contributed by atoms with E-state index in [-0.39, 0.29) is 6.61 Å². The quantitative estimate of drug-likeness (QED) is 0.938. The lowest BCUT2D eigenvalue weighted by molar-refractivity contribution is 0.295. The lowest BCUT2D eigenvalue weighted by Gasteiger charge is -2.05. The summed E-state index contributed by atoms with van der Waals surface area (Å²) >= 11 is 3.46. The van der Waals surface area contributed by atoms with Gasteiger partial charge in [-0.15, -0.1) is 0 Å². The molecule has 0 saturated heterocycles. The molecule has 0 aliphatic rings. The molecule has 3 nitrogen and oxygen atoms in total. The number of nitrogens with zero attached hydrogens (tertiary/aromatic N) is 2. The van der Waals surface area contributed by atoms with Crippen LogP contribution in [0.2, 0.25) is 0 Å². The minimum atomic E-state index is 0.117.